The Balaban J connectivity index is 1.94. The molecule has 4 nitrogen and oxygen atoms in total. The lowest BCUT2D eigenvalue weighted by molar-refractivity contribution is 0.0246. The molecule has 28 heavy (non-hydrogen) atoms. The Bertz CT molecular complexity index is 775. The van der Waals surface area contributed by atoms with Crippen LogP contribution < -0.4 is 4.74 Å². The Morgan fingerprint density at radius 2 is 1.82 bits per heavy atom. The molecule has 5 heteroatoms. The van der Waals surface area contributed by atoms with Gasteiger partial charge in [-0.25, -0.2) is 0 Å². The first-order chi connectivity index (χ1) is 13.4. The van der Waals surface area contributed by atoms with Crippen molar-refractivity contribution in [3.63, 3.8) is 0 Å². The van der Waals surface area contributed by atoms with Gasteiger partial charge < -0.3 is 20.1 Å². The second-order valence-electron chi connectivity index (χ2n) is 7.21. The Labute approximate surface area is 172 Å². The molecule has 0 unspecified atom stereocenters. The van der Waals surface area contributed by atoms with Crippen LogP contribution in [0.2, 0.25) is 0 Å². The standard InChI is InChI=1S/C23H32O4S/c1-4-23(26,5-2)10-6-7-17(3)22-11-18(16-28-22)15-27-21-9-8-19(13-24)20(12-21)14-25/h7-9,11-12,16,24-26H,4-6,10,13-15H2,1-3H3/b17-7+. The zero-order chi connectivity index (χ0) is 20.6. The number of rotatable bonds is 11. The van der Waals surface area contributed by atoms with Crippen LogP contribution in [0.25, 0.3) is 5.57 Å². The van der Waals surface area contributed by atoms with Crippen molar-refractivity contribution in [2.45, 2.75) is 71.9 Å². The van der Waals surface area contributed by atoms with E-state index in [4.69, 9.17) is 4.74 Å². The quantitative estimate of drug-likeness (QED) is 0.490. The highest BCUT2D eigenvalue weighted by Crippen LogP contribution is 2.27. The van der Waals surface area contributed by atoms with E-state index in [1.54, 1.807) is 23.5 Å². The lowest BCUT2D eigenvalue weighted by Crippen LogP contribution is -2.25. The molecule has 0 saturated carbocycles. The molecule has 2 rings (SSSR count). The Morgan fingerprint density at radius 1 is 1.11 bits per heavy atom. The average Bonchev–Trinajstić information content (AvgIpc) is 3.21. The van der Waals surface area contributed by atoms with E-state index < -0.39 is 5.60 Å². The number of aliphatic hydroxyl groups excluding tert-OH is 2. The molecule has 0 bridgehead atoms. The number of hydrogen-bond donors (Lipinski definition) is 3. The fourth-order valence-electron chi connectivity index (χ4n) is 3.08. The summed E-state index contributed by atoms with van der Waals surface area (Å²) in [5.74, 6) is 0.680. The zero-order valence-corrected chi connectivity index (χ0v) is 17.9. The van der Waals surface area contributed by atoms with Gasteiger partial charge >= 0.3 is 0 Å². The molecular weight excluding hydrogens is 372 g/mol. The molecule has 0 spiro atoms. The van der Waals surface area contributed by atoms with E-state index in [2.05, 4.69) is 24.4 Å². The van der Waals surface area contributed by atoms with Gasteiger partial charge in [-0.05, 0) is 72.9 Å². The van der Waals surface area contributed by atoms with Gasteiger partial charge in [0.15, 0.2) is 0 Å². The number of aliphatic hydroxyl groups is 3. The van der Waals surface area contributed by atoms with Gasteiger partial charge in [0.1, 0.15) is 12.4 Å². The van der Waals surface area contributed by atoms with E-state index in [9.17, 15) is 15.3 Å². The van der Waals surface area contributed by atoms with Gasteiger partial charge in [0.05, 0.1) is 18.8 Å². The highest BCUT2D eigenvalue weighted by Gasteiger charge is 2.20. The van der Waals surface area contributed by atoms with Crippen molar-refractivity contribution in [3.05, 3.63) is 57.3 Å². The number of ether oxygens (including phenoxy) is 1. The molecule has 0 aliphatic rings. The fourth-order valence-corrected chi connectivity index (χ4v) is 3.98. The molecule has 1 aromatic carbocycles. The van der Waals surface area contributed by atoms with Gasteiger partial charge in [-0.1, -0.05) is 26.0 Å². The van der Waals surface area contributed by atoms with Gasteiger partial charge in [-0.3, -0.25) is 0 Å². The Hall–Kier alpha value is -1.66. The first kappa shape index (κ1) is 22.6. The van der Waals surface area contributed by atoms with E-state index >= 15 is 0 Å². The summed E-state index contributed by atoms with van der Waals surface area (Å²) >= 11 is 1.69. The Morgan fingerprint density at radius 3 is 2.46 bits per heavy atom. The van der Waals surface area contributed by atoms with Crippen LogP contribution in [0.15, 0.2) is 35.7 Å². The molecule has 0 amide bonds. The van der Waals surface area contributed by atoms with E-state index in [1.807, 2.05) is 19.9 Å². The van der Waals surface area contributed by atoms with Gasteiger partial charge in [-0.15, -0.1) is 11.3 Å². The number of thiophene rings is 1. The maximum atomic E-state index is 10.4. The van der Waals surface area contributed by atoms with E-state index in [0.717, 1.165) is 31.2 Å². The zero-order valence-electron chi connectivity index (χ0n) is 17.1. The molecule has 0 fully saturated rings. The number of benzene rings is 1. The van der Waals surface area contributed by atoms with Crippen molar-refractivity contribution in [1.82, 2.24) is 0 Å². The van der Waals surface area contributed by atoms with Crippen LogP contribution in [0.4, 0.5) is 0 Å². The van der Waals surface area contributed by atoms with Crippen LogP contribution in [0, 0.1) is 0 Å². The van der Waals surface area contributed by atoms with Crippen molar-refractivity contribution in [2.75, 3.05) is 0 Å². The summed E-state index contributed by atoms with van der Waals surface area (Å²) in [6.07, 6.45) is 5.43. The average molecular weight is 405 g/mol. The van der Waals surface area contributed by atoms with Crippen LogP contribution >= 0.6 is 11.3 Å². The first-order valence-corrected chi connectivity index (χ1v) is 10.8. The maximum absolute atomic E-state index is 10.4. The molecule has 1 heterocycles. The molecule has 2 aromatic rings. The lowest BCUT2D eigenvalue weighted by Gasteiger charge is -2.24. The van der Waals surface area contributed by atoms with Crippen molar-refractivity contribution in [3.8, 4) is 5.75 Å². The van der Waals surface area contributed by atoms with Crippen LogP contribution in [0.5, 0.6) is 5.75 Å². The summed E-state index contributed by atoms with van der Waals surface area (Å²) in [6.45, 7) is 6.42. The summed E-state index contributed by atoms with van der Waals surface area (Å²) in [6, 6.07) is 7.50. The fraction of sp³-hybridized carbons (Fsp3) is 0.478. The van der Waals surface area contributed by atoms with Gasteiger partial charge in [0.2, 0.25) is 0 Å². The minimum atomic E-state index is -0.551. The molecule has 0 saturated heterocycles. The molecule has 0 aliphatic carbocycles. The maximum Gasteiger partial charge on any atom is 0.120 e. The van der Waals surface area contributed by atoms with Gasteiger partial charge in [0.25, 0.3) is 0 Å². The molecular formula is C23H32O4S. The third-order valence-electron chi connectivity index (χ3n) is 5.34. The predicted molar refractivity (Wildman–Crippen MR) is 115 cm³/mol. The summed E-state index contributed by atoms with van der Waals surface area (Å²) in [5, 5.41) is 31.1. The molecule has 3 N–H and O–H groups in total. The summed E-state index contributed by atoms with van der Waals surface area (Å²) < 4.78 is 5.84. The van der Waals surface area contributed by atoms with Crippen LogP contribution in [-0.4, -0.2) is 20.9 Å². The highest BCUT2D eigenvalue weighted by molar-refractivity contribution is 7.11. The number of allylic oxidation sites excluding steroid dienone is 2. The van der Waals surface area contributed by atoms with E-state index in [0.29, 0.717) is 23.5 Å². The van der Waals surface area contributed by atoms with E-state index in [-0.39, 0.29) is 13.2 Å². The normalized spacial score (nSPS) is 12.4. The monoisotopic (exact) mass is 404 g/mol. The lowest BCUT2D eigenvalue weighted by atomic mass is 9.91. The second-order valence-corrected chi connectivity index (χ2v) is 8.12. The van der Waals surface area contributed by atoms with Crippen LogP contribution in [0.1, 0.15) is 68.0 Å². The van der Waals surface area contributed by atoms with Crippen molar-refractivity contribution >= 4 is 16.9 Å². The summed E-state index contributed by atoms with van der Waals surface area (Å²) in [4.78, 5) is 1.21. The molecule has 154 valence electrons. The minimum absolute atomic E-state index is 0.0937. The largest absolute Gasteiger partial charge is 0.489 e. The Kier molecular flexibility index (Phi) is 8.70. The molecule has 1 aromatic heterocycles. The van der Waals surface area contributed by atoms with Gasteiger partial charge in [-0.2, -0.15) is 0 Å². The third-order valence-corrected chi connectivity index (χ3v) is 6.46. The van der Waals surface area contributed by atoms with E-state index in [1.165, 1.54) is 10.5 Å². The van der Waals surface area contributed by atoms with Crippen molar-refractivity contribution in [1.29, 1.82) is 0 Å². The molecule has 0 atom stereocenters. The van der Waals surface area contributed by atoms with Gasteiger partial charge in [0, 0.05) is 10.4 Å². The first-order valence-electron chi connectivity index (χ1n) is 9.88. The van der Waals surface area contributed by atoms with Crippen LogP contribution in [-0.2, 0) is 19.8 Å². The van der Waals surface area contributed by atoms with Crippen molar-refractivity contribution in [2.24, 2.45) is 0 Å². The minimum Gasteiger partial charge on any atom is -0.489 e. The number of hydrogen-bond acceptors (Lipinski definition) is 5. The highest BCUT2D eigenvalue weighted by atomic mass is 32.1. The summed E-state index contributed by atoms with van der Waals surface area (Å²) in [7, 11) is 0. The smallest absolute Gasteiger partial charge is 0.120 e. The topological polar surface area (TPSA) is 69.9 Å². The predicted octanol–water partition coefficient (Wildman–Crippen LogP) is 5.05. The molecule has 0 radical (unpaired) electrons. The van der Waals surface area contributed by atoms with Crippen LogP contribution in [0.3, 0.4) is 0 Å². The third kappa shape index (κ3) is 6.17. The molecule has 0 aliphatic heterocycles. The SMILES string of the molecule is CCC(O)(CC)CC/C=C(\C)c1cc(COc2ccc(CO)c(CO)c2)cs1. The second kappa shape index (κ2) is 10.8. The van der Waals surface area contributed by atoms with Crippen molar-refractivity contribution < 1.29 is 20.1 Å². The summed E-state index contributed by atoms with van der Waals surface area (Å²) in [5.41, 5.74) is 3.17.